The number of nitrogens with one attached hydrogen (secondary N) is 1. The first-order valence-corrected chi connectivity index (χ1v) is 6.44. The molecule has 0 bridgehead atoms. The van der Waals surface area contributed by atoms with Crippen molar-refractivity contribution < 1.29 is 9.53 Å². The quantitative estimate of drug-likeness (QED) is 0.812. The molecule has 4 heteroatoms. The molecule has 1 aliphatic heterocycles. The molecule has 98 valence electrons. The summed E-state index contributed by atoms with van der Waals surface area (Å²) in [5, 5.41) is 2.86. The maximum atomic E-state index is 11.8. The third kappa shape index (κ3) is 3.82. The molecule has 1 amide bonds. The van der Waals surface area contributed by atoms with Crippen LogP contribution in [0.3, 0.4) is 0 Å². The Labute approximate surface area is 108 Å². The van der Waals surface area contributed by atoms with Gasteiger partial charge in [-0.3, -0.25) is 4.79 Å². The molecule has 1 heterocycles. The van der Waals surface area contributed by atoms with Crippen LogP contribution in [0, 0.1) is 0 Å². The third-order valence-corrected chi connectivity index (χ3v) is 3.16. The molecular formula is C14H20N2O2. The summed E-state index contributed by atoms with van der Waals surface area (Å²) in [5.41, 5.74) is 6.96. The lowest BCUT2D eigenvalue weighted by Gasteiger charge is -2.15. The summed E-state index contributed by atoms with van der Waals surface area (Å²) < 4.78 is 5.45. The zero-order valence-electron chi connectivity index (χ0n) is 10.5. The summed E-state index contributed by atoms with van der Waals surface area (Å²) >= 11 is 0. The number of nitrogens with two attached hydrogens (primary N) is 1. The number of ether oxygens (including phenoxy) is 1. The van der Waals surface area contributed by atoms with Crippen LogP contribution in [0.1, 0.15) is 18.4 Å². The molecule has 4 nitrogen and oxygen atoms in total. The number of benzene rings is 1. The lowest BCUT2D eigenvalue weighted by atomic mass is 10.1. The van der Waals surface area contributed by atoms with Gasteiger partial charge in [-0.2, -0.15) is 0 Å². The fourth-order valence-electron chi connectivity index (χ4n) is 2.11. The first kappa shape index (κ1) is 13.1. The average Bonchev–Trinajstić information content (AvgIpc) is 2.90. The van der Waals surface area contributed by atoms with Crippen molar-refractivity contribution in [3.8, 4) is 0 Å². The molecule has 1 fully saturated rings. The van der Waals surface area contributed by atoms with E-state index in [0.717, 1.165) is 25.0 Å². The van der Waals surface area contributed by atoms with Gasteiger partial charge >= 0.3 is 0 Å². The maximum Gasteiger partial charge on any atom is 0.237 e. The molecule has 2 rings (SSSR count). The van der Waals surface area contributed by atoms with Gasteiger partial charge in [0.05, 0.1) is 12.1 Å². The molecule has 1 aromatic carbocycles. The van der Waals surface area contributed by atoms with Crippen molar-refractivity contribution in [3.63, 3.8) is 0 Å². The molecule has 1 aromatic rings. The van der Waals surface area contributed by atoms with Gasteiger partial charge in [0.2, 0.25) is 5.91 Å². The normalized spacial score (nSPS) is 20.6. The second-order valence-electron chi connectivity index (χ2n) is 4.68. The van der Waals surface area contributed by atoms with Crippen molar-refractivity contribution in [1.82, 2.24) is 5.32 Å². The van der Waals surface area contributed by atoms with Crippen LogP contribution in [0.15, 0.2) is 30.3 Å². The van der Waals surface area contributed by atoms with E-state index < -0.39 is 6.04 Å². The van der Waals surface area contributed by atoms with Gasteiger partial charge < -0.3 is 15.8 Å². The Morgan fingerprint density at radius 2 is 2.22 bits per heavy atom. The second kappa shape index (κ2) is 6.52. The predicted molar refractivity (Wildman–Crippen MR) is 70.1 cm³/mol. The van der Waals surface area contributed by atoms with Crippen LogP contribution in [0.25, 0.3) is 0 Å². The minimum Gasteiger partial charge on any atom is -0.376 e. The lowest BCUT2D eigenvalue weighted by Crippen LogP contribution is -2.44. The molecule has 2 atom stereocenters. The monoisotopic (exact) mass is 248 g/mol. The fraction of sp³-hybridized carbons (Fsp3) is 0.500. The summed E-state index contributed by atoms with van der Waals surface area (Å²) in [4.78, 5) is 11.8. The van der Waals surface area contributed by atoms with E-state index in [2.05, 4.69) is 5.32 Å². The van der Waals surface area contributed by atoms with Crippen LogP contribution in [-0.2, 0) is 16.0 Å². The lowest BCUT2D eigenvalue weighted by molar-refractivity contribution is -0.122. The fourth-order valence-corrected chi connectivity index (χ4v) is 2.11. The Morgan fingerprint density at radius 1 is 1.44 bits per heavy atom. The van der Waals surface area contributed by atoms with Crippen LogP contribution in [0.2, 0.25) is 0 Å². The van der Waals surface area contributed by atoms with Gasteiger partial charge in [-0.15, -0.1) is 0 Å². The van der Waals surface area contributed by atoms with Crippen molar-refractivity contribution >= 4 is 5.91 Å². The topological polar surface area (TPSA) is 64.4 Å². The van der Waals surface area contributed by atoms with Gasteiger partial charge in [0.15, 0.2) is 0 Å². The van der Waals surface area contributed by atoms with E-state index >= 15 is 0 Å². The van der Waals surface area contributed by atoms with E-state index in [1.54, 1.807) is 0 Å². The summed E-state index contributed by atoms with van der Waals surface area (Å²) in [7, 11) is 0. The number of carbonyl (C=O) groups is 1. The molecular weight excluding hydrogens is 228 g/mol. The van der Waals surface area contributed by atoms with E-state index in [0.29, 0.717) is 13.0 Å². The van der Waals surface area contributed by atoms with E-state index in [9.17, 15) is 4.79 Å². The SMILES string of the molecule is N[C@H](Cc1ccccc1)C(=O)NC[C@@H]1CCCO1. The summed E-state index contributed by atoms with van der Waals surface area (Å²) in [5.74, 6) is -0.102. The number of rotatable bonds is 5. The number of hydrogen-bond donors (Lipinski definition) is 2. The number of carbonyl (C=O) groups excluding carboxylic acids is 1. The molecule has 18 heavy (non-hydrogen) atoms. The highest BCUT2D eigenvalue weighted by atomic mass is 16.5. The van der Waals surface area contributed by atoms with Crippen molar-refractivity contribution in [2.24, 2.45) is 5.73 Å². The highest BCUT2D eigenvalue weighted by Gasteiger charge is 2.18. The predicted octanol–water partition coefficient (Wildman–Crippen LogP) is 0.852. The molecule has 0 saturated carbocycles. The largest absolute Gasteiger partial charge is 0.376 e. The first-order chi connectivity index (χ1) is 8.75. The minimum absolute atomic E-state index is 0.102. The van der Waals surface area contributed by atoms with Gasteiger partial charge in [-0.1, -0.05) is 30.3 Å². The Hall–Kier alpha value is -1.39. The van der Waals surface area contributed by atoms with Crippen LogP contribution in [-0.4, -0.2) is 31.2 Å². The Balaban J connectivity index is 1.74. The molecule has 0 spiro atoms. The van der Waals surface area contributed by atoms with Gasteiger partial charge in [-0.25, -0.2) is 0 Å². The second-order valence-corrected chi connectivity index (χ2v) is 4.68. The van der Waals surface area contributed by atoms with Crippen molar-refractivity contribution in [3.05, 3.63) is 35.9 Å². The standard InChI is InChI=1S/C14H20N2O2/c15-13(9-11-5-2-1-3-6-11)14(17)16-10-12-7-4-8-18-12/h1-3,5-6,12-13H,4,7-10,15H2,(H,16,17)/t12-,13+/m0/s1. The van der Waals surface area contributed by atoms with E-state index in [4.69, 9.17) is 10.5 Å². The summed E-state index contributed by atoms with van der Waals surface area (Å²) in [6.45, 7) is 1.37. The molecule has 0 aliphatic carbocycles. The average molecular weight is 248 g/mol. The van der Waals surface area contributed by atoms with E-state index in [1.807, 2.05) is 30.3 Å². The molecule has 1 aliphatic rings. The first-order valence-electron chi connectivity index (χ1n) is 6.44. The van der Waals surface area contributed by atoms with Crippen molar-refractivity contribution in [1.29, 1.82) is 0 Å². The molecule has 0 radical (unpaired) electrons. The van der Waals surface area contributed by atoms with Gasteiger partial charge in [-0.05, 0) is 24.8 Å². The van der Waals surface area contributed by atoms with Crippen LogP contribution < -0.4 is 11.1 Å². The molecule has 0 unspecified atom stereocenters. The summed E-state index contributed by atoms with van der Waals surface area (Å²) in [6, 6.07) is 9.32. The molecule has 1 saturated heterocycles. The smallest absolute Gasteiger partial charge is 0.237 e. The van der Waals surface area contributed by atoms with Crippen LogP contribution in [0.5, 0.6) is 0 Å². The van der Waals surface area contributed by atoms with Crippen LogP contribution >= 0.6 is 0 Å². The van der Waals surface area contributed by atoms with Gasteiger partial charge in [0.1, 0.15) is 0 Å². The van der Waals surface area contributed by atoms with Gasteiger partial charge in [0.25, 0.3) is 0 Å². The Kier molecular flexibility index (Phi) is 4.73. The third-order valence-electron chi connectivity index (χ3n) is 3.16. The van der Waals surface area contributed by atoms with Crippen molar-refractivity contribution in [2.45, 2.75) is 31.4 Å². The maximum absolute atomic E-state index is 11.8. The number of hydrogen-bond acceptors (Lipinski definition) is 3. The van der Waals surface area contributed by atoms with Crippen LogP contribution in [0.4, 0.5) is 0 Å². The number of amides is 1. The molecule has 0 aromatic heterocycles. The summed E-state index contributed by atoms with van der Waals surface area (Å²) in [6.07, 6.45) is 2.83. The Bertz CT molecular complexity index is 375. The van der Waals surface area contributed by atoms with Crippen molar-refractivity contribution in [2.75, 3.05) is 13.2 Å². The van der Waals surface area contributed by atoms with E-state index in [-0.39, 0.29) is 12.0 Å². The van der Waals surface area contributed by atoms with E-state index in [1.165, 1.54) is 0 Å². The zero-order valence-corrected chi connectivity index (χ0v) is 10.5. The van der Waals surface area contributed by atoms with Gasteiger partial charge in [0, 0.05) is 13.2 Å². The Morgan fingerprint density at radius 3 is 2.89 bits per heavy atom. The minimum atomic E-state index is -0.492. The highest BCUT2D eigenvalue weighted by molar-refractivity contribution is 5.81. The highest BCUT2D eigenvalue weighted by Crippen LogP contribution is 2.10. The zero-order chi connectivity index (χ0) is 12.8. The molecule has 3 N–H and O–H groups in total.